The van der Waals surface area contributed by atoms with Gasteiger partial charge in [-0.05, 0) is 36.4 Å². The number of aromatic nitrogens is 2. The number of amides is 1. The Hall–Kier alpha value is -3.15. The first-order valence-electron chi connectivity index (χ1n) is 8.37. The molecular formula is C20H21FN4O. The van der Waals surface area contributed by atoms with E-state index in [2.05, 4.69) is 10.00 Å². The third-order valence-corrected chi connectivity index (χ3v) is 4.25. The lowest BCUT2D eigenvalue weighted by molar-refractivity contribution is 0.0798. The fourth-order valence-electron chi connectivity index (χ4n) is 2.71. The zero-order valence-electron chi connectivity index (χ0n) is 14.8. The lowest BCUT2D eigenvalue weighted by atomic mass is 10.1. The molecule has 0 aliphatic rings. The van der Waals surface area contributed by atoms with Gasteiger partial charge in [-0.15, -0.1) is 0 Å². The predicted molar refractivity (Wildman–Crippen MR) is 100 cm³/mol. The molecular weight excluding hydrogens is 331 g/mol. The number of para-hydroxylation sites is 1. The summed E-state index contributed by atoms with van der Waals surface area (Å²) >= 11 is 0. The highest BCUT2D eigenvalue weighted by Gasteiger charge is 2.18. The molecule has 0 radical (unpaired) electrons. The van der Waals surface area contributed by atoms with Crippen LogP contribution in [-0.2, 0) is 0 Å². The first-order valence-corrected chi connectivity index (χ1v) is 8.37. The van der Waals surface area contributed by atoms with Gasteiger partial charge < -0.3 is 9.80 Å². The van der Waals surface area contributed by atoms with Gasteiger partial charge in [0.25, 0.3) is 5.91 Å². The topological polar surface area (TPSA) is 41.4 Å². The van der Waals surface area contributed by atoms with E-state index in [0.717, 1.165) is 5.69 Å². The van der Waals surface area contributed by atoms with E-state index < -0.39 is 5.82 Å². The van der Waals surface area contributed by atoms with Crippen molar-refractivity contribution in [2.45, 2.75) is 0 Å². The molecule has 1 amide bonds. The molecule has 3 aromatic rings. The summed E-state index contributed by atoms with van der Waals surface area (Å²) in [7, 11) is 3.70. The molecule has 0 N–H and O–H groups in total. The van der Waals surface area contributed by atoms with Crippen LogP contribution in [-0.4, -0.2) is 47.8 Å². The molecule has 134 valence electrons. The van der Waals surface area contributed by atoms with Gasteiger partial charge in [0.2, 0.25) is 0 Å². The molecule has 0 unspecified atom stereocenters. The Morgan fingerprint density at radius 3 is 2.54 bits per heavy atom. The van der Waals surface area contributed by atoms with Crippen molar-refractivity contribution in [3.8, 4) is 5.69 Å². The van der Waals surface area contributed by atoms with E-state index in [4.69, 9.17) is 0 Å². The van der Waals surface area contributed by atoms with E-state index in [9.17, 15) is 9.18 Å². The van der Waals surface area contributed by atoms with Crippen LogP contribution in [0, 0.1) is 5.82 Å². The predicted octanol–water partition coefficient (Wildman–Crippen LogP) is 3.22. The lowest BCUT2D eigenvalue weighted by Gasteiger charge is -2.24. The third kappa shape index (κ3) is 3.91. The van der Waals surface area contributed by atoms with E-state index in [1.54, 1.807) is 41.2 Å². The molecule has 1 heterocycles. The molecule has 1 aromatic heterocycles. The number of carbonyl (C=O) groups is 1. The van der Waals surface area contributed by atoms with Crippen LogP contribution >= 0.6 is 0 Å². The smallest absolute Gasteiger partial charge is 0.255 e. The Morgan fingerprint density at radius 1 is 1.08 bits per heavy atom. The Morgan fingerprint density at radius 2 is 1.85 bits per heavy atom. The molecule has 0 aliphatic carbocycles. The van der Waals surface area contributed by atoms with Gasteiger partial charge in [-0.1, -0.05) is 18.2 Å². The Labute approximate surface area is 152 Å². The summed E-state index contributed by atoms with van der Waals surface area (Å²) in [5, 5.41) is 4.15. The van der Waals surface area contributed by atoms with Crippen LogP contribution in [0.5, 0.6) is 0 Å². The Balaban J connectivity index is 1.74. The van der Waals surface area contributed by atoms with Gasteiger partial charge in [-0.3, -0.25) is 4.79 Å². The summed E-state index contributed by atoms with van der Waals surface area (Å²) in [6.45, 7) is 1.18. The average Bonchev–Trinajstić information content (AvgIpc) is 3.20. The van der Waals surface area contributed by atoms with E-state index in [-0.39, 0.29) is 5.91 Å². The minimum absolute atomic E-state index is 0.239. The number of anilines is 1. The molecule has 2 aromatic carbocycles. The Bertz CT molecular complexity index is 865. The first kappa shape index (κ1) is 17.7. The summed E-state index contributed by atoms with van der Waals surface area (Å²) in [6.07, 6.45) is 3.35. The SMILES string of the molecule is CN(CCN(C)c1ccccc1)C(=O)c1cc(F)ccc1-n1cccn1. The van der Waals surface area contributed by atoms with Crippen LogP contribution in [0.2, 0.25) is 0 Å². The van der Waals surface area contributed by atoms with Gasteiger partial charge in [0.1, 0.15) is 5.82 Å². The maximum absolute atomic E-state index is 13.7. The molecule has 26 heavy (non-hydrogen) atoms. The molecule has 0 atom stereocenters. The van der Waals surface area contributed by atoms with Crippen molar-refractivity contribution in [3.63, 3.8) is 0 Å². The zero-order valence-corrected chi connectivity index (χ0v) is 14.8. The van der Waals surface area contributed by atoms with Gasteiger partial charge in [0.15, 0.2) is 0 Å². The summed E-state index contributed by atoms with van der Waals surface area (Å²) in [6, 6.07) is 15.9. The van der Waals surface area contributed by atoms with Crippen molar-refractivity contribution in [1.82, 2.24) is 14.7 Å². The molecule has 0 fully saturated rings. The molecule has 6 heteroatoms. The number of likely N-dealkylation sites (N-methyl/N-ethyl adjacent to an activating group) is 2. The van der Waals surface area contributed by atoms with Crippen molar-refractivity contribution in [2.24, 2.45) is 0 Å². The minimum Gasteiger partial charge on any atom is -0.373 e. The normalized spacial score (nSPS) is 10.6. The van der Waals surface area contributed by atoms with Crippen molar-refractivity contribution < 1.29 is 9.18 Å². The summed E-state index contributed by atoms with van der Waals surface area (Å²) in [5.41, 5.74) is 1.93. The molecule has 5 nitrogen and oxygen atoms in total. The third-order valence-electron chi connectivity index (χ3n) is 4.25. The van der Waals surface area contributed by atoms with E-state index in [1.807, 2.05) is 37.4 Å². The summed E-state index contributed by atoms with van der Waals surface area (Å²) in [4.78, 5) is 16.5. The standard InChI is InChI=1S/C20H21FN4O/c1-23(17-7-4-3-5-8-17)13-14-24(2)20(26)18-15-16(21)9-10-19(18)25-12-6-11-22-25/h3-12,15H,13-14H2,1-2H3. The maximum atomic E-state index is 13.7. The second-order valence-corrected chi connectivity index (χ2v) is 6.10. The van der Waals surface area contributed by atoms with Crippen LogP contribution in [0.4, 0.5) is 10.1 Å². The lowest BCUT2D eigenvalue weighted by Crippen LogP contribution is -2.35. The molecule has 0 bridgehead atoms. The maximum Gasteiger partial charge on any atom is 0.255 e. The van der Waals surface area contributed by atoms with Crippen LogP contribution in [0.3, 0.4) is 0 Å². The van der Waals surface area contributed by atoms with Crippen molar-refractivity contribution in [2.75, 3.05) is 32.1 Å². The Kier molecular flexibility index (Phi) is 5.31. The number of benzene rings is 2. The zero-order chi connectivity index (χ0) is 18.5. The molecule has 0 aliphatic heterocycles. The van der Waals surface area contributed by atoms with Crippen LogP contribution in [0.15, 0.2) is 67.0 Å². The van der Waals surface area contributed by atoms with Crippen molar-refractivity contribution >= 4 is 11.6 Å². The van der Waals surface area contributed by atoms with E-state index >= 15 is 0 Å². The number of carbonyl (C=O) groups excluding carboxylic acids is 1. The fraction of sp³-hybridized carbons (Fsp3) is 0.200. The number of rotatable bonds is 6. The highest BCUT2D eigenvalue weighted by Crippen LogP contribution is 2.18. The summed E-state index contributed by atoms with van der Waals surface area (Å²) in [5.74, 6) is -0.685. The number of hydrogen-bond acceptors (Lipinski definition) is 3. The number of nitrogens with zero attached hydrogens (tertiary/aromatic N) is 4. The molecule has 0 saturated carbocycles. The van der Waals surface area contributed by atoms with E-state index in [1.165, 1.54) is 12.1 Å². The second-order valence-electron chi connectivity index (χ2n) is 6.10. The fourth-order valence-corrected chi connectivity index (χ4v) is 2.71. The molecule has 3 rings (SSSR count). The van der Waals surface area contributed by atoms with Crippen LogP contribution < -0.4 is 4.90 Å². The van der Waals surface area contributed by atoms with Gasteiger partial charge in [-0.2, -0.15) is 5.10 Å². The van der Waals surface area contributed by atoms with Crippen molar-refractivity contribution in [1.29, 1.82) is 0 Å². The largest absolute Gasteiger partial charge is 0.373 e. The number of hydrogen-bond donors (Lipinski definition) is 0. The van der Waals surface area contributed by atoms with Gasteiger partial charge in [-0.25, -0.2) is 9.07 Å². The van der Waals surface area contributed by atoms with Crippen LogP contribution in [0.25, 0.3) is 5.69 Å². The first-order chi connectivity index (χ1) is 12.6. The van der Waals surface area contributed by atoms with Gasteiger partial charge in [0, 0.05) is 45.3 Å². The van der Waals surface area contributed by atoms with Gasteiger partial charge in [0.05, 0.1) is 11.3 Å². The quantitative estimate of drug-likeness (QED) is 0.684. The van der Waals surface area contributed by atoms with Crippen molar-refractivity contribution in [3.05, 3.63) is 78.4 Å². The van der Waals surface area contributed by atoms with E-state index in [0.29, 0.717) is 24.3 Å². The minimum atomic E-state index is -0.445. The van der Waals surface area contributed by atoms with Gasteiger partial charge >= 0.3 is 0 Å². The second kappa shape index (κ2) is 7.82. The summed E-state index contributed by atoms with van der Waals surface area (Å²) < 4.78 is 15.3. The molecule has 0 saturated heterocycles. The number of halogens is 1. The van der Waals surface area contributed by atoms with Crippen LogP contribution in [0.1, 0.15) is 10.4 Å². The highest BCUT2D eigenvalue weighted by atomic mass is 19.1. The average molecular weight is 352 g/mol. The highest BCUT2D eigenvalue weighted by molar-refractivity contribution is 5.97. The molecule has 0 spiro atoms. The monoisotopic (exact) mass is 352 g/mol.